The third-order valence-electron chi connectivity index (χ3n) is 3.20. The number of nitrogens with zero attached hydrogens (tertiary/aromatic N) is 2. The van der Waals surface area contributed by atoms with E-state index >= 15 is 0 Å². The van der Waals surface area contributed by atoms with E-state index < -0.39 is 0 Å². The van der Waals surface area contributed by atoms with Crippen molar-refractivity contribution in [3.05, 3.63) is 15.6 Å². The van der Waals surface area contributed by atoms with Gasteiger partial charge in [-0.25, -0.2) is 4.98 Å². The summed E-state index contributed by atoms with van der Waals surface area (Å²) in [4.78, 5) is 10.4. The standard InChI is InChI=1S/C16H30N4OS.HI/c1-5-7-11-21-12-10-19-16(17-6-2)18-9-8-15-20-13(3)14(4)22-15;/h5-12H2,1-4H3,(H2,17,18,19);1H. The predicted octanol–water partition coefficient (Wildman–Crippen LogP) is 3.29. The maximum atomic E-state index is 5.52. The number of guanidine groups is 1. The van der Waals surface area contributed by atoms with Crippen LogP contribution in [-0.4, -0.2) is 43.8 Å². The van der Waals surface area contributed by atoms with Crippen LogP contribution in [0.2, 0.25) is 0 Å². The predicted molar refractivity (Wildman–Crippen MR) is 110 cm³/mol. The second-order valence-electron chi connectivity index (χ2n) is 5.15. The Morgan fingerprint density at radius 1 is 1.22 bits per heavy atom. The number of aryl methyl sites for hydroxylation is 2. The Labute approximate surface area is 161 Å². The molecule has 0 unspecified atom stereocenters. The molecule has 0 aromatic carbocycles. The SMILES string of the molecule is CCCCOCCN=C(NCC)NCCc1nc(C)c(C)s1.I. The Morgan fingerprint density at radius 2 is 2.00 bits per heavy atom. The fraction of sp³-hybridized carbons (Fsp3) is 0.750. The zero-order valence-corrected chi connectivity index (χ0v) is 17.9. The minimum absolute atomic E-state index is 0. The molecule has 1 heterocycles. The van der Waals surface area contributed by atoms with Gasteiger partial charge in [0, 0.05) is 31.0 Å². The van der Waals surface area contributed by atoms with E-state index in [-0.39, 0.29) is 24.0 Å². The average molecular weight is 454 g/mol. The number of ether oxygens (including phenoxy) is 1. The van der Waals surface area contributed by atoms with E-state index in [0.717, 1.165) is 44.2 Å². The van der Waals surface area contributed by atoms with Crippen molar-refractivity contribution in [3.8, 4) is 0 Å². The molecular weight excluding hydrogens is 423 g/mol. The molecule has 1 aromatic rings. The highest BCUT2D eigenvalue weighted by atomic mass is 127. The molecule has 7 heteroatoms. The highest BCUT2D eigenvalue weighted by Crippen LogP contribution is 2.16. The van der Waals surface area contributed by atoms with E-state index in [2.05, 4.69) is 48.3 Å². The first-order chi connectivity index (χ1) is 10.7. The lowest BCUT2D eigenvalue weighted by Crippen LogP contribution is -2.38. The lowest BCUT2D eigenvalue weighted by atomic mass is 10.4. The molecule has 134 valence electrons. The number of unbranched alkanes of at least 4 members (excludes halogenated alkanes) is 1. The largest absolute Gasteiger partial charge is 0.380 e. The molecule has 0 atom stereocenters. The number of hydrogen-bond donors (Lipinski definition) is 2. The number of rotatable bonds is 10. The quantitative estimate of drug-likeness (QED) is 0.247. The highest BCUT2D eigenvalue weighted by molar-refractivity contribution is 14.0. The topological polar surface area (TPSA) is 58.5 Å². The molecule has 0 amide bonds. The summed E-state index contributed by atoms with van der Waals surface area (Å²) in [5.41, 5.74) is 1.14. The van der Waals surface area contributed by atoms with Gasteiger partial charge >= 0.3 is 0 Å². The summed E-state index contributed by atoms with van der Waals surface area (Å²) in [5, 5.41) is 7.79. The highest BCUT2D eigenvalue weighted by Gasteiger charge is 2.04. The molecule has 0 aliphatic heterocycles. The van der Waals surface area contributed by atoms with Crippen LogP contribution in [-0.2, 0) is 11.2 Å². The van der Waals surface area contributed by atoms with Gasteiger partial charge in [0.1, 0.15) is 0 Å². The van der Waals surface area contributed by atoms with Gasteiger partial charge < -0.3 is 15.4 Å². The van der Waals surface area contributed by atoms with Gasteiger partial charge in [0.15, 0.2) is 5.96 Å². The molecule has 0 aliphatic rings. The molecule has 0 spiro atoms. The van der Waals surface area contributed by atoms with Gasteiger partial charge in [-0.3, -0.25) is 4.99 Å². The molecule has 5 nitrogen and oxygen atoms in total. The van der Waals surface area contributed by atoms with Crippen molar-refractivity contribution < 1.29 is 4.74 Å². The van der Waals surface area contributed by atoms with Crippen molar-refractivity contribution in [1.29, 1.82) is 0 Å². The van der Waals surface area contributed by atoms with E-state index in [1.807, 2.05) is 0 Å². The molecule has 1 rings (SSSR count). The first-order valence-corrected chi connectivity index (χ1v) is 9.01. The second-order valence-corrected chi connectivity index (χ2v) is 6.44. The van der Waals surface area contributed by atoms with Crippen LogP contribution >= 0.6 is 35.3 Å². The van der Waals surface area contributed by atoms with Crippen LogP contribution in [0.3, 0.4) is 0 Å². The first kappa shape index (κ1) is 22.6. The van der Waals surface area contributed by atoms with Crippen molar-refractivity contribution in [1.82, 2.24) is 15.6 Å². The molecule has 0 saturated carbocycles. The smallest absolute Gasteiger partial charge is 0.191 e. The van der Waals surface area contributed by atoms with E-state index in [4.69, 9.17) is 4.74 Å². The zero-order chi connectivity index (χ0) is 16.2. The fourth-order valence-corrected chi connectivity index (χ4v) is 2.78. The van der Waals surface area contributed by atoms with Gasteiger partial charge in [-0.05, 0) is 27.2 Å². The van der Waals surface area contributed by atoms with Crippen LogP contribution < -0.4 is 10.6 Å². The number of aliphatic imine (C=N–C) groups is 1. The molecule has 0 aliphatic carbocycles. The summed E-state index contributed by atoms with van der Waals surface area (Å²) in [6, 6.07) is 0. The molecule has 0 fully saturated rings. The Balaban J connectivity index is 0.00000484. The van der Waals surface area contributed by atoms with Gasteiger partial charge in [0.2, 0.25) is 0 Å². The lowest BCUT2D eigenvalue weighted by molar-refractivity contribution is 0.139. The molecule has 23 heavy (non-hydrogen) atoms. The number of hydrogen-bond acceptors (Lipinski definition) is 4. The molecule has 1 aromatic heterocycles. The summed E-state index contributed by atoms with van der Waals surface area (Å²) in [5.74, 6) is 0.853. The summed E-state index contributed by atoms with van der Waals surface area (Å²) >= 11 is 1.78. The van der Waals surface area contributed by atoms with E-state index in [1.54, 1.807) is 11.3 Å². The summed E-state index contributed by atoms with van der Waals surface area (Å²) in [6.45, 7) is 12.3. The molecule has 0 saturated heterocycles. The first-order valence-electron chi connectivity index (χ1n) is 8.20. The van der Waals surface area contributed by atoms with Crippen molar-refractivity contribution in [2.24, 2.45) is 4.99 Å². The van der Waals surface area contributed by atoms with E-state index in [9.17, 15) is 0 Å². The van der Waals surface area contributed by atoms with E-state index in [1.165, 1.54) is 16.3 Å². The van der Waals surface area contributed by atoms with Crippen LogP contribution in [0.25, 0.3) is 0 Å². The Morgan fingerprint density at radius 3 is 2.61 bits per heavy atom. The summed E-state index contributed by atoms with van der Waals surface area (Å²) < 4.78 is 5.52. The molecule has 0 radical (unpaired) electrons. The van der Waals surface area contributed by atoms with Crippen molar-refractivity contribution in [2.45, 2.75) is 47.0 Å². The maximum absolute atomic E-state index is 5.52. The maximum Gasteiger partial charge on any atom is 0.191 e. The monoisotopic (exact) mass is 454 g/mol. The van der Waals surface area contributed by atoms with Gasteiger partial charge in [-0.1, -0.05) is 13.3 Å². The summed E-state index contributed by atoms with van der Waals surface area (Å²) in [7, 11) is 0. The van der Waals surface area contributed by atoms with Crippen LogP contribution in [0.15, 0.2) is 4.99 Å². The fourth-order valence-electron chi connectivity index (χ4n) is 1.85. The number of thiazole rings is 1. The molecule has 0 bridgehead atoms. The summed E-state index contributed by atoms with van der Waals surface area (Å²) in [6.07, 6.45) is 3.22. The van der Waals surface area contributed by atoms with Crippen LogP contribution in [0.4, 0.5) is 0 Å². The van der Waals surface area contributed by atoms with Crippen molar-refractivity contribution in [3.63, 3.8) is 0 Å². The third-order valence-corrected chi connectivity index (χ3v) is 4.33. The van der Waals surface area contributed by atoms with Crippen LogP contribution in [0, 0.1) is 13.8 Å². The minimum atomic E-state index is 0. The molecular formula is C16H31IN4OS. The third kappa shape index (κ3) is 10.1. The van der Waals surface area contributed by atoms with E-state index in [0.29, 0.717) is 13.2 Å². The van der Waals surface area contributed by atoms with Crippen LogP contribution in [0.1, 0.15) is 42.3 Å². The number of aromatic nitrogens is 1. The molecule has 2 N–H and O–H groups in total. The van der Waals surface area contributed by atoms with Gasteiger partial charge in [0.25, 0.3) is 0 Å². The second kappa shape index (κ2) is 14.0. The Bertz CT molecular complexity index is 432. The minimum Gasteiger partial charge on any atom is -0.380 e. The lowest BCUT2D eigenvalue weighted by Gasteiger charge is -2.10. The van der Waals surface area contributed by atoms with Gasteiger partial charge in [-0.2, -0.15) is 0 Å². The Kier molecular flexibility index (Phi) is 13.7. The Hall–Kier alpha value is -0.410. The normalized spacial score (nSPS) is 11.2. The van der Waals surface area contributed by atoms with Crippen molar-refractivity contribution >= 4 is 41.3 Å². The van der Waals surface area contributed by atoms with Crippen LogP contribution in [0.5, 0.6) is 0 Å². The number of halogens is 1. The van der Waals surface area contributed by atoms with Gasteiger partial charge in [-0.15, -0.1) is 35.3 Å². The zero-order valence-electron chi connectivity index (χ0n) is 14.8. The van der Waals surface area contributed by atoms with Gasteiger partial charge in [0.05, 0.1) is 23.9 Å². The average Bonchev–Trinajstić information content (AvgIpc) is 2.81. The van der Waals surface area contributed by atoms with Crippen molar-refractivity contribution in [2.75, 3.05) is 32.8 Å². The number of nitrogens with one attached hydrogen (secondary N) is 2.